The number of amides is 1. The van der Waals surface area contributed by atoms with Crippen LogP contribution in [0.25, 0.3) is 0 Å². The molecule has 2 heterocycles. The van der Waals surface area contributed by atoms with Gasteiger partial charge < -0.3 is 10.2 Å². The number of hydrogen-bond acceptors (Lipinski definition) is 3. The maximum atomic E-state index is 11.2. The highest BCUT2D eigenvalue weighted by Gasteiger charge is 2.27. The zero-order valence-electron chi connectivity index (χ0n) is 9.74. The molecular formula is C12H14N2O4. The molecule has 0 bridgehead atoms. The molecule has 6 nitrogen and oxygen atoms in total. The van der Waals surface area contributed by atoms with Crippen LogP contribution in [-0.4, -0.2) is 46.5 Å². The van der Waals surface area contributed by atoms with Gasteiger partial charge in [0.15, 0.2) is 0 Å². The minimum Gasteiger partial charge on any atom is -0.478 e. The number of allylic oxidation sites excluding steroid dienone is 1. The Morgan fingerprint density at radius 1 is 1.39 bits per heavy atom. The third-order valence-electron chi connectivity index (χ3n) is 3.15. The Kier molecular flexibility index (Phi) is 3.45. The van der Waals surface area contributed by atoms with Crippen molar-refractivity contribution < 1.29 is 19.8 Å². The van der Waals surface area contributed by atoms with Crippen molar-refractivity contribution in [2.75, 3.05) is 13.1 Å². The van der Waals surface area contributed by atoms with E-state index in [1.807, 2.05) is 6.21 Å². The van der Waals surface area contributed by atoms with E-state index in [-0.39, 0.29) is 18.0 Å². The lowest BCUT2D eigenvalue weighted by atomic mass is 9.87. The van der Waals surface area contributed by atoms with Crippen molar-refractivity contribution in [3.63, 3.8) is 0 Å². The fraction of sp³-hybridized carbons (Fsp3) is 0.417. The Morgan fingerprint density at radius 3 is 2.72 bits per heavy atom. The number of aliphatic carboxylic acids is 1. The van der Waals surface area contributed by atoms with E-state index in [0.29, 0.717) is 12.1 Å². The molecule has 96 valence electrons. The summed E-state index contributed by atoms with van der Waals surface area (Å²) in [4.78, 5) is 27.2. The summed E-state index contributed by atoms with van der Waals surface area (Å²) in [6.07, 6.45) is 5.39. The van der Waals surface area contributed by atoms with Gasteiger partial charge in [0.2, 0.25) is 0 Å². The van der Waals surface area contributed by atoms with Crippen LogP contribution in [0.15, 0.2) is 28.4 Å². The van der Waals surface area contributed by atoms with Gasteiger partial charge in [-0.15, -0.1) is 0 Å². The van der Waals surface area contributed by atoms with E-state index in [9.17, 15) is 14.7 Å². The molecule has 0 radical (unpaired) electrons. The molecule has 0 fully saturated rings. The normalized spacial score (nSPS) is 23.3. The number of nitrogens with zero attached hydrogens (tertiary/aromatic N) is 2. The van der Waals surface area contributed by atoms with Gasteiger partial charge in [-0.1, -0.05) is 0 Å². The van der Waals surface area contributed by atoms with E-state index < -0.39 is 12.1 Å². The van der Waals surface area contributed by atoms with Gasteiger partial charge in [0, 0.05) is 18.7 Å². The molecule has 0 aromatic heterocycles. The van der Waals surface area contributed by atoms with Crippen molar-refractivity contribution in [3.05, 3.63) is 23.4 Å². The second-order valence-electron chi connectivity index (χ2n) is 4.29. The van der Waals surface area contributed by atoms with Crippen molar-refractivity contribution in [2.24, 2.45) is 10.9 Å². The van der Waals surface area contributed by atoms with Gasteiger partial charge in [-0.05, 0) is 30.7 Å². The maximum absolute atomic E-state index is 11.2. The van der Waals surface area contributed by atoms with Crippen LogP contribution in [-0.2, 0) is 4.79 Å². The number of rotatable bonds is 2. The minimum absolute atomic E-state index is 0.0771. The Hall–Kier alpha value is -2.11. The number of carbonyl (C=O) groups is 2. The van der Waals surface area contributed by atoms with Crippen LogP contribution in [0.2, 0.25) is 0 Å². The molecule has 0 aromatic carbocycles. The molecule has 2 N–H and O–H groups in total. The molecule has 1 unspecified atom stereocenters. The van der Waals surface area contributed by atoms with E-state index in [1.165, 1.54) is 6.20 Å². The average Bonchev–Trinajstić information content (AvgIpc) is 2.39. The number of carboxylic acids is 1. The fourth-order valence-corrected chi connectivity index (χ4v) is 2.20. The summed E-state index contributed by atoms with van der Waals surface area (Å²) in [5, 5.41) is 18.1. The van der Waals surface area contributed by atoms with Crippen LogP contribution in [0.1, 0.15) is 12.8 Å². The molecule has 0 aliphatic carbocycles. The highest BCUT2D eigenvalue weighted by Crippen LogP contribution is 2.27. The lowest BCUT2D eigenvalue weighted by molar-refractivity contribution is -0.132. The standard InChI is InChI=1S/C12H14N2O4/c15-11(16)10-7-14(12(17)18)5-3-9(10)8-2-1-4-13-6-8/h3-5,8H,1-2,6-7H2,(H,15,16)(H,17,18). The van der Waals surface area contributed by atoms with E-state index in [0.717, 1.165) is 17.7 Å². The summed E-state index contributed by atoms with van der Waals surface area (Å²) < 4.78 is 0. The largest absolute Gasteiger partial charge is 0.478 e. The molecule has 0 saturated carbocycles. The highest BCUT2D eigenvalue weighted by molar-refractivity contribution is 5.90. The monoisotopic (exact) mass is 250 g/mol. The molecule has 1 atom stereocenters. The molecule has 6 heteroatoms. The van der Waals surface area contributed by atoms with Crippen molar-refractivity contribution in [1.29, 1.82) is 0 Å². The third-order valence-corrected chi connectivity index (χ3v) is 3.15. The Bertz CT molecular complexity index is 465. The van der Waals surface area contributed by atoms with Crippen LogP contribution in [0.5, 0.6) is 0 Å². The fourth-order valence-electron chi connectivity index (χ4n) is 2.20. The maximum Gasteiger partial charge on any atom is 0.411 e. The van der Waals surface area contributed by atoms with Crippen molar-refractivity contribution >= 4 is 18.3 Å². The summed E-state index contributed by atoms with van der Waals surface area (Å²) in [6.45, 7) is 0.472. The first-order valence-electron chi connectivity index (χ1n) is 5.72. The molecule has 2 aliphatic rings. The first-order chi connectivity index (χ1) is 8.59. The summed E-state index contributed by atoms with van der Waals surface area (Å²) in [7, 11) is 0. The van der Waals surface area contributed by atoms with E-state index in [1.54, 1.807) is 6.08 Å². The minimum atomic E-state index is -1.15. The second kappa shape index (κ2) is 5.03. The zero-order chi connectivity index (χ0) is 13.1. The first kappa shape index (κ1) is 12.3. The molecule has 1 amide bonds. The lowest BCUT2D eigenvalue weighted by Crippen LogP contribution is -2.32. The number of aliphatic imine (C=N–C) groups is 1. The van der Waals surface area contributed by atoms with Crippen LogP contribution in [0.3, 0.4) is 0 Å². The first-order valence-corrected chi connectivity index (χ1v) is 5.72. The van der Waals surface area contributed by atoms with Crippen LogP contribution < -0.4 is 0 Å². The number of hydrogen-bond donors (Lipinski definition) is 2. The third kappa shape index (κ3) is 2.42. The van der Waals surface area contributed by atoms with Gasteiger partial charge in [-0.25, -0.2) is 9.59 Å². The molecule has 18 heavy (non-hydrogen) atoms. The van der Waals surface area contributed by atoms with Gasteiger partial charge in [-0.3, -0.25) is 9.89 Å². The van der Waals surface area contributed by atoms with Gasteiger partial charge >= 0.3 is 12.1 Å². The van der Waals surface area contributed by atoms with Crippen molar-refractivity contribution in [1.82, 2.24) is 4.90 Å². The average molecular weight is 250 g/mol. The van der Waals surface area contributed by atoms with E-state index in [2.05, 4.69) is 4.99 Å². The summed E-state index contributed by atoms with van der Waals surface area (Å²) >= 11 is 0. The SMILES string of the molecule is O=C(O)C1=C(C2CCC=NC2)C=CN(C(=O)O)C1. The molecule has 2 aliphatic heterocycles. The molecule has 0 saturated heterocycles. The van der Waals surface area contributed by atoms with Crippen LogP contribution >= 0.6 is 0 Å². The zero-order valence-corrected chi connectivity index (χ0v) is 9.74. The molecule has 0 aromatic rings. The van der Waals surface area contributed by atoms with E-state index in [4.69, 9.17) is 5.11 Å². The quantitative estimate of drug-likeness (QED) is 0.774. The lowest BCUT2D eigenvalue weighted by Gasteiger charge is -2.26. The van der Waals surface area contributed by atoms with Crippen LogP contribution in [0.4, 0.5) is 4.79 Å². The Morgan fingerprint density at radius 2 is 2.17 bits per heavy atom. The Balaban J connectivity index is 2.27. The van der Waals surface area contributed by atoms with Crippen molar-refractivity contribution in [3.8, 4) is 0 Å². The highest BCUT2D eigenvalue weighted by atomic mass is 16.4. The number of carboxylic acid groups (broad SMARTS) is 2. The predicted molar refractivity (Wildman–Crippen MR) is 64.6 cm³/mol. The van der Waals surface area contributed by atoms with Crippen molar-refractivity contribution in [2.45, 2.75) is 12.8 Å². The van der Waals surface area contributed by atoms with Gasteiger partial charge in [0.1, 0.15) is 0 Å². The summed E-state index contributed by atoms with van der Waals surface area (Å²) in [5.74, 6) is -0.983. The topological polar surface area (TPSA) is 90.2 Å². The van der Waals surface area contributed by atoms with E-state index >= 15 is 0 Å². The van der Waals surface area contributed by atoms with Gasteiger partial charge in [0.25, 0.3) is 0 Å². The van der Waals surface area contributed by atoms with Crippen LogP contribution in [0, 0.1) is 5.92 Å². The predicted octanol–water partition coefficient (Wildman–Crippen LogP) is 1.36. The Labute approximate surface area is 104 Å². The summed E-state index contributed by atoms with van der Waals surface area (Å²) in [6, 6.07) is 0. The smallest absolute Gasteiger partial charge is 0.411 e. The van der Waals surface area contributed by atoms with Gasteiger partial charge in [-0.2, -0.15) is 0 Å². The van der Waals surface area contributed by atoms with Gasteiger partial charge in [0.05, 0.1) is 12.1 Å². The molecule has 2 rings (SSSR count). The molecular weight excluding hydrogens is 236 g/mol. The molecule has 0 spiro atoms. The summed E-state index contributed by atoms with van der Waals surface area (Å²) in [5.41, 5.74) is 0.860. The second-order valence-corrected chi connectivity index (χ2v) is 4.29.